The maximum atomic E-state index is 12.1. The monoisotopic (exact) mass is 419 g/mol. The number of nitrogens with zero attached hydrogens (tertiary/aromatic N) is 5. The Morgan fingerprint density at radius 3 is 2.65 bits per heavy atom. The Labute approximate surface area is 182 Å². The average molecular weight is 420 g/mol. The standard InChI is InChI=1S/C23H29N7O/c1-16(31)18-12-17-13-26-23(28-22(17)30(15-18)19-4-2-3-5-19)27-21-7-6-20(14-25-21)29-10-8-24-9-11-29/h6-7,12-14,19,24H,2-5,8-11,15H2,1H3,(H,25,26,27,28). The lowest BCUT2D eigenvalue weighted by Gasteiger charge is -2.34. The Balaban J connectivity index is 1.37. The summed E-state index contributed by atoms with van der Waals surface area (Å²) in [6.45, 7) is 6.25. The van der Waals surface area contributed by atoms with Crippen LogP contribution in [-0.4, -0.2) is 59.5 Å². The average Bonchev–Trinajstić information content (AvgIpc) is 3.34. The van der Waals surface area contributed by atoms with Crippen LogP contribution >= 0.6 is 0 Å². The minimum absolute atomic E-state index is 0.115. The molecule has 2 N–H and O–H groups in total. The number of hydrogen-bond donors (Lipinski definition) is 2. The number of Topliss-reactive ketones (excluding diaryl/α,β-unsaturated/α-hetero) is 1. The number of carbonyl (C=O) groups is 1. The van der Waals surface area contributed by atoms with Crippen LogP contribution in [0.1, 0.15) is 38.2 Å². The number of piperazine rings is 1. The Kier molecular flexibility index (Phi) is 5.55. The second kappa shape index (κ2) is 8.63. The molecule has 1 aliphatic carbocycles. The maximum absolute atomic E-state index is 12.1. The van der Waals surface area contributed by atoms with E-state index < -0.39 is 0 Å². The highest BCUT2D eigenvalue weighted by atomic mass is 16.1. The van der Waals surface area contributed by atoms with E-state index in [0.29, 0.717) is 18.5 Å². The Morgan fingerprint density at radius 1 is 1.13 bits per heavy atom. The molecule has 162 valence electrons. The second-order valence-corrected chi connectivity index (χ2v) is 8.53. The fourth-order valence-electron chi connectivity index (χ4n) is 4.68. The first-order valence-corrected chi connectivity index (χ1v) is 11.2. The summed E-state index contributed by atoms with van der Waals surface area (Å²) >= 11 is 0. The number of ketones is 1. The first-order valence-electron chi connectivity index (χ1n) is 11.2. The van der Waals surface area contributed by atoms with Gasteiger partial charge in [-0.2, -0.15) is 4.98 Å². The molecule has 8 heteroatoms. The van der Waals surface area contributed by atoms with E-state index in [-0.39, 0.29) is 5.78 Å². The van der Waals surface area contributed by atoms with Crippen molar-refractivity contribution in [2.45, 2.75) is 38.6 Å². The summed E-state index contributed by atoms with van der Waals surface area (Å²) in [5.74, 6) is 2.28. The van der Waals surface area contributed by atoms with Crippen LogP contribution in [0.2, 0.25) is 0 Å². The van der Waals surface area contributed by atoms with Crippen molar-refractivity contribution in [3.63, 3.8) is 0 Å². The van der Waals surface area contributed by atoms with E-state index in [1.807, 2.05) is 24.5 Å². The largest absolute Gasteiger partial charge is 0.368 e. The predicted molar refractivity (Wildman–Crippen MR) is 123 cm³/mol. The van der Waals surface area contributed by atoms with Crippen molar-refractivity contribution >= 4 is 35.1 Å². The number of carbonyl (C=O) groups excluding carboxylic acids is 1. The van der Waals surface area contributed by atoms with Crippen LogP contribution in [0.4, 0.5) is 23.3 Å². The van der Waals surface area contributed by atoms with E-state index in [2.05, 4.69) is 36.5 Å². The fraction of sp³-hybridized carbons (Fsp3) is 0.478. The van der Waals surface area contributed by atoms with Gasteiger partial charge in [0.25, 0.3) is 0 Å². The van der Waals surface area contributed by atoms with Gasteiger partial charge in [-0.1, -0.05) is 12.8 Å². The molecule has 2 aliphatic heterocycles. The van der Waals surface area contributed by atoms with Crippen LogP contribution in [0, 0.1) is 0 Å². The smallest absolute Gasteiger partial charge is 0.230 e. The van der Waals surface area contributed by atoms with Crippen LogP contribution < -0.4 is 20.4 Å². The molecule has 31 heavy (non-hydrogen) atoms. The van der Waals surface area contributed by atoms with Gasteiger partial charge in [0, 0.05) is 56.1 Å². The van der Waals surface area contributed by atoms with Gasteiger partial charge in [-0.3, -0.25) is 4.79 Å². The third kappa shape index (κ3) is 4.25. The lowest BCUT2D eigenvalue weighted by atomic mass is 10.0. The van der Waals surface area contributed by atoms with Crippen LogP contribution in [0.15, 0.2) is 30.1 Å². The quantitative estimate of drug-likeness (QED) is 0.765. The molecule has 2 fully saturated rings. The Morgan fingerprint density at radius 2 is 1.94 bits per heavy atom. The van der Waals surface area contributed by atoms with Crippen molar-refractivity contribution in [1.29, 1.82) is 0 Å². The second-order valence-electron chi connectivity index (χ2n) is 8.53. The van der Waals surface area contributed by atoms with Crippen LogP contribution in [0.3, 0.4) is 0 Å². The number of hydrogen-bond acceptors (Lipinski definition) is 8. The van der Waals surface area contributed by atoms with Crippen molar-refractivity contribution in [1.82, 2.24) is 20.3 Å². The maximum Gasteiger partial charge on any atom is 0.230 e. The van der Waals surface area contributed by atoms with Gasteiger partial charge in [-0.25, -0.2) is 9.97 Å². The molecule has 0 atom stereocenters. The van der Waals surface area contributed by atoms with Gasteiger partial charge in [0.2, 0.25) is 5.95 Å². The van der Waals surface area contributed by atoms with E-state index in [9.17, 15) is 4.79 Å². The number of pyridine rings is 1. The zero-order valence-corrected chi connectivity index (χ0v) is 18.0. The van der Waals surface area contributed by atoms with E-state index in [1.54, 1.807) is 6.92 Å². The van der Waals surface area contributed by atoms with Gasteiger partial charge in [0.05, 0.1) is 11.9 Å². The SMILES string of the molecule is CC(=O)C1=Cc2cnc(Nc3ccc(N4CCNCC4)cn3)nc2N(C2CCCC2)C1. The highest BCUT2D eigenvalue weighted by Crippen LogP contribution is 2.34. The lowest BCUT2D eigenvalue weighted by Crippen LogP contribution is -2.43. The number of rotatable bonds is 5. The highest BCUT2D eigenvalue weighted by Gasteiger charge is 2.30. The van der Waals surface area contributed by atoms with E-state index in [1.165, 1.54) is 12.8 Å². The molecule has 0 unspecified atom stereocenters. The summed E-state index contributed by atoms with van der Waals surface area (Å²) in [5.41, 5.74) is 2.87. The molecule has 1 saturated heterocycles. The topological polar surface area (TPSA) is 86.3 Å². The van der Waals surface area contributed by atoms with Crippen molar-refractivity contribution < 1.29 is 4.79 Å². The van der Waals surface area contributed by atoms with Gasteiger partial charge in [0.15, 0.2) is 5.78 Å². The molecule has 1 saturated carbocycles. The van der Waals surface area contributed by atoms with Gasteiger partial charge >= 0.3 is 0 Å². The molecule has 0 radical (unpaired) electrons. The summed E-state index contributed by atoms with van der Waals surface area (Å²) in [6, 6.07) is 4.50. The van der Waals surface area contributed by atoms with E-state index in [0.717, 1.165) is 67.5 Å². The molecule has 0 spiro atoms. The number of aromatic nitrogens is 3. The highest BCUT2D eigenvalue weighted by molar-refractivity contribution is 6.00. The molecule has 5 rings (SSSR count). The van der Waals surface area contributed by atoms with Gasteiger partial charge in [-0.15, -0.1) is 0 Å². The zero-order chi connectivity index (χ0) is 21.2. The first kappa shape index (κ1) is 19.9. The predicted octanol–water partition coefficient (Wildman–Crippen LogP) is 2.76. The Bertz CT molecular complexity index is 976. The van der Waals surface area contributed by atoms with Crippen LogP contribution in [-0.2, 0) is 4.79 Å². The molecule has 8 nitrogen and oxygen atoms in total. The summed E-state index contributed by atoms with van der Waals surface area (Å²) in [7, 11) is 0. The van der Waals surface area contributed by atoms with E-state index >= 15 is 0 Å². The van der Waals surface area contributed by atoms with E-state index in [4.69, 9.17) is 4.98 Å². The number of anilines is 4. The summed E-state index contributed by atoms with van der Waals surface area (Å²) in [4.78, 5) is 30.6. The molecule has 4 heterocycles. The zero-order valence-electron chi connectivity index (χ0n) is 18.0. The molecule has 2 aromatic heterocycles. The minimum Gasteiger partial charge on any atom is -0.368 e. The van der Waals surface area contributed by atoms with Crippen LogP contribution in [0.25, 0.3) is 6.08 Å². The first-order chi connectivity index (χ1) is 15.2. The molecular formula is C23H29N7O. The minimum atomic E-state index is 0.115. The summed E-state index contributed by atoms with van der Waals surface area (Å²) in [5, 5.41) is 6.62. The van der Waals surface area contributed by atoms with Crippen molar-refractivity contribution in [2.75, 3.05) is 47.8 Å². The molecule has 0 aromatic carbocycles. The molecular weight excluding hydrogens is 390 g/mol. The normalized spacial score (nSPS) is 19.2. The fourth-order valence-corrected chi connectivity index (χ4v) is 4.68. The van der Waals surface area contributed by atoms with Gasteiger partial charge in [0.1, 0.15) is 11.6 Å². The molecule has 3 aliphatic rings. The lowest BCUT2D eigenvalue weighted by molar-refractivity contribution is -0.113. The molecule has 0 bridgehead atoms. The van der Waals surface area contributed by atoms with Crippen molar-refractivity contribution in [3.8, 4) is 0 Å². The number of fused-ring (bicyclic) bond motifs is 1. The molecule has 0 amide bonds. The third-order valence-electron chi connectivity index (χ3n) is 6.43. The molecule has 2 aromatic rings. The van der Waals surface area contributed by atoms with Gasteiger partial charge < -0.3 is 20.4 Å². The van der Waals surface area contributed by atoms with Gasteiger partial charge in [-0.05, 0) is 38.0 Å². The summed E-state index contributed by atoms with van der Waals surface area (Å²) in [6.07, 6.45) is 10.4. The van der Waals surface area contributed by atoms with Crippen molar-refractivity contribution in [2.24, 2.45) is 0 Å². The summed E-state index contributed by atoms with van der Waals surface area (Å²) < 4.78 is 0. The van der Waals surface area contributed by atoms with Crippen LogP contribution in [0.5, 0.6) is 0 Å². The Hall–Kier alpha value is -3.00. The third-order valence-corrected chi connectivity index (χ3v) is 6.43. The van der Waals surface area contributed by atoms with Crippen molar-refractivity contribution in [3.05, 3.63) is 35.7 Å². The number of nitrogens with one attached hydrogen (secondary N) is 2.